The number of hydrogen-bond acceptors (Lipinski definition) is 2. The average Bonchev–Trinajstić information content (AvgIpc) is 2.98. The Morgan fingerprint density at radius 3 is 2.74 bits per heavy atom. The van der Waals surface area contributed by atoms with Gasteiger partial charge in [-0.1, -0.05) is 42.5 Å². The largest absolute Gasteiger partial charge is 0.496 e. The molecule has 0 bridgehead atoms. The van der Waals surface area contributed by atoms with Crippen molar-refractivity contribution in [2.45, 2.75) is 6.42 Å². The molecule has 0 spiro atoms. The topological polar surface area (TPSA) is 22.4 Å². The molecule has 114 valence electrons. The van der Waals surface area contributed by atoms with Gasteiger partial charge in [-0.25, -0.2) is 0 Å². The fraction of sp³-hybridized carbons (Fsp3) is 0.100. The van der Waals surface area contributed by atoms with Gasteiger partial charge in [-0.05, 0) is 44.4 Å². The van der Waals surface area contributed by atoms with Gasteiger partial charge in [0.2, 0.25) is 0 Å². The second-order valence-electron chi connectivity index (χ2n) is 5.57. The van der Waals surface area contributed by atoms with E-state index in [1.54, 1.807) is 7.11 Å². The molecule has 0 aliphatic rings. The fourth-order valence-corrected chi connectivity index (χ4v) is 3.63. The van der Waals surface area contributed by atoms with E-state index >= 15 is 0 Å². The maximum absolute atomic E-state index is 5.63. The first kappa shape index (κ1) is 14.3. The molecule has 0 fully saturated rings. The van der Waals surface area contributed by atoms with Crippen LogP contribution in [-0.4, -0.2) is 7.11 Å². The summed E-state index contributed by atoms with van der Waals surface area (Å²) in [6, 6.07) is 18.8. The van der Waals surface area contributed by atoms with Crippen LogP contribution in [0.1, 0.15) is 11.1 Å². The van der Waals surface area contributed by atoms with Crippen LogP contribution >= 0.6 is 15.9 Å². The van der Waals surface area contributed by atoms with Crippen molar-refractivity contribution in [1.82, 2.24) is 0 Å². The van der Waals surface area contributed by atoms with Gasteiger partial charge in [-0.15, -0.1) is 0 Å². The molecule has 4 aromatic rings. The van der Waals surface area contributed by atoms with E-state index < -0.39 is 0 Å². The summed E-state index contributed by atoms with van der Waals surface area (Å²) in [5.74, 6) is 0.853. The van der Waals surface area contributed by atoms with Crippen molar-refractivity contribution in [1.29, 1.82) is 0 Å². The summed E-state index contributed by atoms with van der Waals surface area (Å²) in [6.45, 7) is 0. The van der Waals surface area contributed by atoms with Gasteiger partial charge in [-0.2, -0.15) is 0 Å². The zero-order valence-electron chi connectivity index (χ0n) is 12.7. The number of furan rings is 1. The van der Waals surface area contributed by atoms with E-state index in [9.17, 15) is 0 Å². The first-order valence-electron chi connectivity index (χ1n) is 7.46. The number of para-hydroxylation sites is 1. The Kier molecular flexibility index (Phi) is 3.58. The monoisotopic (exact) mass is 366 g/mol. The summed E-state index contributed by atoms with van der Waals surface area (Å²) in [4.78, 5) is 0. The van der Waals surface area contributed by atoms with Crippen molar-refractivity contribution >= 4 is 37.7 Å². The lowest BCUT2D eigenvalue weighted by Gasteiger charge is -2.08. The van der Waals surface area contributed by atoms with Gasteiger partial charge in [0.05, 0.1) is 17.8 Å². The Bertz CT molecular complexity index is 1000. The van der Waals surface area contributed by atoms with E-state index in [0.29, 0.717) is 0 Å². The summed E-state index contributed by atoms with van der Waals surface area (Å²) < 4.78 is 12.0. The average molecular weight is 367 g/mol. The van der Waals surface area contributed by atoms with Crippen molar-refractivity contribution in [3.8, 4) is 5.75 Å². The Hall–Kier alpha value is -2.26. The molecule has 0 atom stereocenters. The minimum atomic E-state index is 0.853. The van der Waals surface area contributed by atoms with Crippen LogP contribution in [0, 0.1) is 0 Å². The Balaban J connectivity index is 1.75. The van der Waals surface area contributed by atoms with Crippen LogP contribution in [0.3, 0.4) is 0 Å². The van der Waals surface area contributed by atoms with Gasteiger partial charge in [0.15, 0.2) is 0 Å². The molecule has 2 nitrogen and oxygen atoms in total. The summed E-state index contributed by atoms with van der Waals surface area (Å²) in [6.07, 6.45) is 2.72. The number of methoxy groups -OCH3 is 1. The van der Waals surface area contributed by atoms with Crippen molar-refractivity contribution in [2.75, 3.05) is 7.11 Å². The molecule has 0 saturated carbocycles. The predicted molar refractivity (Wildman–Crippen MR) is 97.2 cm³/mol. The van der Waals surface area contributed by atoms with Crippen molar-refractivity contribution in [3.05, 3.63) is 76.5 Å². The minimum Gasteiger partial charge on any atom is -0.496 e. The third kappa shape index (κ3) is 2.51. The normalized spacial score (nSPS) is 11.2. The maximum Gasteiger partial charge on any atom is 0.134 e. The molecule has 0 aliphatic heterocycles. The molecule has 1 aromatic heterocycles. The summed E-state index contributed by atoms with van der Waals surface area (Å²) in [7, 11) is 1.68. The van der Waals surface area contributed by atoms with E-state index in [2.05, 4.69) is 46.3 Å². The van der Waals surface area contributed by atoms with Crippen LogP contribution in [0.25, 0.3) is 21.7 Å². The molecule has 0 unspecified atom stereocenters. The Labute approximate surface area is 142 Å². The van der Waals surface area contributed by atoms with E-state index in [-0.39, 0.29) is 0 Å². The zero-order chi connectivity index (χ0) is 15.8. The third-order valence-corrected chi connectivity index (χ3v) is 4.98. The minimum absolute atomic E-state index is 0.853. The first-order chi connectivity index (χ1) is 11.3. The highest BCUT2D eigenvalue weighted by Gasteiger charge is 2.09. The van der Waals surface area contributed by atoms with Crippen molar-refractivity contribution in [2.24, 2.45) is 0 Å². The lowest BCUT2D eigenvalue weighted by atomic mass is 10.0. The molecule has 3 heteroatoms. The van der Waals surface area contributed by atoms with Crippen molar-refractivity contribution < 1.29 is 9.15 Å². The maximum atomic E-state index is 5.63. The smallest absolute Gasteiger partial charge is 0.134 e. The quantitative estimate of drug-likeness (QED) is 0.447. The molecule has 3 aromatic carbocycles. The Morgan fingerprint density at radius 1 is 1.00 bits per heavy atom. The van der Waals surface area contributed by atoms with Crippen LogP contribution in [-0.2, 0) is 6.42 Å². The summed E-state index contributed by atoms with van der Waals surface area (Å²) in [5.41, 5.74) is 3.42. The standard InChI is InChI=1S/C20H15BrO2/c1-22-19-9-7-14-10-13(6-8-17(14)20(19)21)11-15-12-23-18-5-3-2-4-16(15)18/h2-10,12H,11H2,1H3. The van der Waals surface area contributed by atoms with Crippen LogP contribution in [0.4, 0.5) is 0 Å². The lowest BCUT2D eigenvalue weighted by Crippen LogP contribution is -1.89. The molecule has 0 amide bonds. The molecule has 1 heterocycles. The van der Waals surface area contributed by atoms with Gasteiger partial charge >= 0.3 is 0 Å². The van der Waals surface area contributed by atoms with Crippen LogP contribution in [0.2, 0.25) is 0 Å². The number of fused-ring (bicyclic) bond motifs is 2. The van der Waals surface area contributed by atoms with Gasteiger partial charge < -0.3 is 9.15 Å². The molecule has 4 rings (SSSR count). The first-order valence-corrected chi connectivity index (χ1v) is 8.26. The van der Waals surface area contributed by atoms with Crippen LogP contribution in [0.5, 0.6) is 5.75 Å². The second kappa shape index (κ2) is 5.74. The molecule has 23 heavy (non-hydrogen) atoms. The number of ether oxygens (including phenoxy) is 1. The third-order valence-electron chi connectivity index (χ3n) is 4.16. The highest BCUT2D eigenvalue weighted by Crippen LogP contribution is 2.34. The SMILES string of the molecule is COc1ccc2cc(Cc3coc4ccccc34)ccc2c1Br. The van der Waals surface area contributed by atoms with Crippen LogP contribution < -0.4 is 4.74 Å². The van der Waals surface area contributed by atoms with Crippen LogP contribution in [0.15, 0.2) is 69.8 Å². The van der Waals surface area contributed by atoms with Gasteiger partial charge in [0.25, 0.3) is 0 Å². The molecule has 0 aliphatic carbocycles. The highest BCUT2D eigenvalue weighted by molar-refractivity contribution is 9.10. The van der Waals surface area contributed by atoms with E-state index in [1.807, 2.05) is 30.5 Å². The van der Waals surface area contributed by atoms with Gasteiger partial charge in [-0.3, -0.25) is 0 Å². The van der Waals surface area contributed by atoms with Crippen molar-refractivity contribution in [3.63, 3.8) is 0 Å². The number of benzene rings is 3. The van der Waals surface area contributed by atoms with E-state index in [4.69, 9.17) is 9.15 Å². The number of halogens is 1. The predicted octanol–water partition coefficient (Wildman–Crippen LogP) is 5.95. The number of rotatable bonds is 3. The molecule has 0 saturated heterocycles. The van der Waals surface area contributed by atoms with E-state index in [1.165, 1.54) is 21.9 Å². The highest BCUT2D eigenvalue weighted by atomic mass is 79.9. The Morgan fingerprint density at radius 2 is 1.87 bits per heavy atom. The second-order valence-corrected chi connectivity index (χ2v) is 6.36. The zero-order valence-corrected chi connectivity index (χ0v) is 14.3. The summed E-state index contributed by atoms with van der Waals surface area (Å²) >= 11 is 3.62. The van der Waals surface area contributed by atoms with Gasteiger partial charge in [0.1, 0.15) is 11.3 Å². The lowest BCUT2D eigenvalue weighted by molar-refractivity contribution is 0.413. The fourth-order valence-electron chi connectivity index (χ4n) is 2.98. The molecule has 0 N–H and O–H groups in total. The van der Waals surface area contributed by atoms with Gasteiger partial charge in [0, 0.05) is 17.4 Å². The molecular weight excluding hydrogens is 352 g/mol. The molecular formula is C20H15BrO2. The molecule has 0 radical (unpaired) electrons. The number of hydrogen-bond donors (Lipinski definition) is 0. The summed E-state index contributed by atoms with van der Waals surface area (Å²) in [5, 5.41) is 3.54. The van der Waals surface area contributed by atoms with E-state index in [0.717, 1.165) is 27.6 Å².